The van der Waals surface area contributed by atoms with Gasteiger partial charge in [0.15, 0.2) is 5.82 Å². The van der Waals surface area contributed by atoms with Crippen molar-refractivity contribution in [3.63, 3.8) is 0 Å². The first-order valence-electron chi connectivity index (χ1n) is 6.67. The number of nitrogens with one attached hydrogen (secondary N) is 1. The number of hydrogen-bond acceptors (Lipinski definition) is 4. The van der Waals surface area contributed by atoms with Crippen LogP contribution in [0.25, 0.3) is 11.4 Å². The van der Waals surface area contributed by atoms with E-state index < -0.39 is 0 Å². The lowest BCUT2D eigenvalue weighted by Crippen LogP contribution is -2.37. The Morgan fingerprint density at radius 2 is 2.40 bits per heavy atom. The summed E-state index contributed by atoms with van der Waals surface area (Å²) in [7, 11) is 0. The Hall–Kier alpha value is -2.21. The van der Waals surface area contributed by atoms with Gasteiger partial charge in [-0.3, -0.25) is 9.89 Å². The predicted octanol–water partition coefficient (Wildman–Crippen LogP) is 1.07. The van der Waals surface area contributed by atoms with Gasteiger partial charge in [0, 0.05) is 17.7 Å². The molecule has 0 radical (unpaired) electrons. The zero-order valence-corrected chi connectivity index (χ0v) is 11.0. The van der Waals surface area contributed by atoms with E-state index in [2.05, 4.69) is 15.2 Å². The second-order valence-electron chi connectivity index (χ2n) is 4.89. The number of amides is 1. The third-order valence-electron chi connectivity index (χ3n) is 3.65. The Kier molecular flexibility index (Phi) is 3.47. The number of aromatic nitrogens is 3. The molecule has 0 unspecified atom stereocenters. The van der Waals surface area contributed by atoms with E-state index in [0.717, 1.165) is 18.4 Å². The maximum atomic E-state index is 12.5. The highest BCUT2D eigenvalue weighted by Crippen LogP contribution is 2.22. The first-order chi connectivity index (χ1) is 9.79. The van der Waals surface area contributed by atoms with Crippen LogP contribution in [0.3, 0.4) is 0 Å². The van der Waals surface area contributed by atoms with Crippen LogP contribution in [0.4, 0.5) is 0 Å². The minimum Gasteiger partial charge on any atom is -0.394 e. The normalized spacial score (nSPS) is 18.4. The SMILES string of the molecule is O=C(c1cccc(-c2ncn[nH]2)c1)N1CCC[C@@H]1CO. The minimum atomic E-state index is -0.0589. The van der Waals surface area contributed by atoms with Crippen LogP contribution in [0.5, 0.6) is 0 Å². The second-order valence-corrected chi connectivity index (χ2v) is 4.89. The maximum absolute atomic E-state index is 12.5. The Balaban J connectivity index is 1.87. The standard InChI is InChI=1S/C14H16N4O2/c19-8-12-5-2-6-18(12)14(20)11-4-1-3-10(7-11)13-15-9-16-17-13/h1,3-4,7,9,12,19H,2,5-6,8H2,(H,15,16,17)/t12-/m1/s1. The highest BCUT2D eigenvalue weighted by molar-refractivity contribution is 5.95. The fourth-order valence-corrected chi connectivity index (χ4v) is 2.60. The van der Waals surface area contributed by atoms with E-state index in [-0.39, 0.29) is 18.6 Å². The molecule has 3 rings (SSSR count). The van der Waals surface area contributed by atoms with Crippen LogP contribution in [0.15, 0.2) is 30.6 Å². The maximum Gasteiger partial charge on any atom is 0.254 e. The molecule has 1 saturated heterocycles. The molecule has 0 bridgehead atoms. The molecule has 2 heterocycles. The van der Waals surface area contributed by atoms with Crippen molar-refractivity contribution in [2.75, 3.05) is 13.2 Å². The molecule has 0 spiro atoms. The van der Waals surface area contributed by atoms with Gasteiger partial charge in [-0.2, -0.15) is 5.10 Å². The lowest BCUT2D eigenvalue weighted by Gasteiger charge is -2.23. The Morgan fingerprint density at radius 3 is 3.15 bits per heavy atom. The summed E-state index contributed by atoms with van der Waals surface area (Å²) in [6, 6.07) is 7.24. The van der Waals surface area contributed by atoms with E-state index >= 15 is 0 Å². The van der Waals surface area contributed by atoms with Crippen LogP contribution in [0.1, 0.15) is 23.2 Å². The number of rotatable bonds is 3. The largest absolute Gasteiger partial charge is 0.394 e. The summed E-state index contributed by atoms with van der Waals surface area (Å²) in [6.07, 6.45) is 3.24. The minimum absolute atomic E-state index is 0.0214. The topological polar surface area (TPSA) is 82.1 Å². The van der Waals surface area contributed by atoms with Crippen molar-refractivity contribution in [3.05, 3.63) is 36.2 Å². The number of carbonyl (C=O) groups is 1. The van der Waals surface area contributed by atoms with Crippen LogP contribution in [0, 0.1) is 0 Å². The summed E-state index contributed by atoms with van der Waals surface area (Å²) in [4.78, 5) is 18.3. The van der Waals surface area contributed by atoms with Crippen LogP contribution in [-0.4, -0.2) is 50.3 Å². The molecule has 1 aliphatic heterocycles. The van der Waals surface area contributed by atoms with Gasteiger partial charge in [-0.1, -0.05) is 12.1 Å². The van der Waals surface area contributed by atoms with E-state index in [9.17, 15) is 9.90 Å². The Labute approximate surface area is 116 Å². The molecule has 6 heteroatoms. The van der Waals surface area contributed by atoms with Crippen LogP contribution in [0.2, 0.25) is 0 Å². The van der Waals surface area contributed by atoms with E-state index in [1.54, 1.807) is 17.0 Å². The number of H-pyrrole nitrogens is 1. The molecule has 104 valence electrons. The number of carbonyl (C=O) groups excluding carboxylic acids is 1. The van der Waals surface area contributed by atoms with Crippen molar-refractivity contribution >= 4 is 5.91 Å². The lowest BCUT2D eigenvalue weighted by molar-refractivity contribution is 0.0677. The summed E-state index contributed by atoms with van der Waals surface area (Å²) >= 11 is 0. The molecule has 2 aromatic rings. The fraction of sp³-hybridized carbons (Fsp3) is 0.357. The van der Waals surface area contributed by atoms with Crippen molar-refractivity contribution in [1.82, 2.24) is 20.1 Å². The number of aliphatic hydroxyl groups is 1. The third kappa shape index (κ3) is 2.30. The van der Waals surface area contributed by atoms with E-state index in [1.807, 2.05) is 12.1 Å². The number of aromatic amines is 1. The molecule has 0 aliphatic carbocycles. The fourth-order valence-electron chi connectivity index (χ4n) is 2.60. The highest BCUT2D eigenvalue weighted by atomic mass is 16.3. The third-order valence-corrected chi connectivity index (χ3v) is 3.65. The van der Waals surface area contributed by atoms with E-state index in [1.165, 1.54) is 6.33 Å². The summed E-state index contributed by atoms with van der Waals surface area (Å²) in [5.74, 6) is 0.600. The first-order valence-corrected chi connectivity index (χ1v) is 6.67. The van der Waals surface area contributed by atoms with Gasteiger partial charge in [-0.05, 0) is 25.0 Å². The lowest BCUT2D eigenvalue weighted by atomic mass is 10.1. The molecule has 1 fully saturated rings. The molecule has 1 aliphatic rings. The zero-order valence-electron chi connectivity index (χ0n) is 11.0. The monoisotopic (exact) mass is 272 g/mol. The van der Waals surface area contributed by atoms with Crippen molar-refractivity contribution in [2.45, 2.75) is 18.9 Å². The number of likely N-dealkylation sites (tertiary alicyclic amines) is 1. The summed E-state index contributed by atoms with van der Waals surface area (Å²) in [5, 5.41) is 15.9. The molecular formula is C14H16N4O2. The molecule has 6 nitrogen and oxygen atoms in total. The Morgan fingerprint density at radius 1 is 1.50 bits per heavy atom. The second kappa shape index (κ2) is 5.42. The van der Waals surface area contributed by atoms with Gasteiger partial charge >= 0.3 is 0 Å². The number of hydrogen-bond donors (Lipinski definition) is 2. The summed E-state index contributed by atoms with van der Waals surface area (Å²) in [6.45, 7) is 0.726. The van der Waals surface area contributed by atoms with Crippen molar-refractivity contribution in [3.8, 4) is 11.4 Å². The highest BCUT2D eigenvalue weighted by Gasteiger charge is 2.28. The first kappa shape index (κ1) is 12.8. The van der Waals surface area contributed by atoms with Gasteiger partial charge in [-0.25, -0.2) is 4.98 Å². The van der Waals surface area contributed by atoms with Crippen LogP contribution >= 0.6 is 0 Å². The van der Waals surface area contributed by atoms with Crippen molar-refractivity contribution < 1.29 is 9.90 Å². The molecule has 1 atom stereocenters. The Bertz CT molecular complexity index is 597. The zero-order chi connectivity index (χ0) is 13.9. The summed E-state index contributed by atoms with van der Waals surface area (Å²) in [5.41, 5.74) is 1.44. The molecule has 0 saturated carbocycles. The molecule has 1 amide bonds. The van der Waals surface area contributed by atoms with Crippen molar-refractivity contribution in [2.24, 2.45) is 0 Å². The van der Waals surface area contributed by atoms with Gasteiger partial charge in [0.2, 0.25) is 0 Å². The molecule has 1 aromatic carbocycles. The predicted molar refractivity (Wildman–Crippen MR) is 73.0 cm³/mol. The molecular weight excluding hydrogens is 256 g/mol. The average molecular weight is 272 g/mol. The average Bonchev–Trinajstić information content (AvgIpc) is 3.17. The molecule has 20 heavy (non-hydrogen) atoms. The van der Waals surface area contributed by atoms with Crippen LogP contribution in [-0.2, 0) is 0 Å². The molecule has 2 N–H and O–H groups in total. The van der Waals surface area contributed by atoms with Gasteiger partial charge in [-0.15, -0.1) is 0 Å². The number of aliphatic hydroxyl groups excluding tert-OH is 1. The van der Waals surface area contributed by atoms with Crippen LogP contribution < -0.4 is 0 Å². The quantitative estimate of drug-likeness (QED) is 0.875. The van der Waals surface area contributed by atoms with E-state index in [0.29, 0.717) is 17.9 Å². The van der Waals surface area contributed by atoms with Gasteiger partial charge < -0.3 is 10.0 Å². The van der Waals surface area contributed by atoms with Crippen molar-refractivity contribution in [1.29, 1.82) is 0 Å². The summed E-state index contributed by atoms with van der Waals surface area (Å²) < 4.78 is 0. The number of benzene rings is 1. The smallest absolute Gasteiger partial charge is 0.254 e. The van der Waals surface area contributed by atoms with E-state index in [4.69, 9.17) is 0 Å². The molecule has 1 aromatic heterocycles. The van der Waals surface area contributed by atoms with Gasteiger partial charge in [0.25, 0.3) is 5.91 Å². The van der Waals surface area contributed by atoms with Gasteiger partial charge in [0.1, 0.15) is 6.33 Å². The number of nitrogens with zero attached hydrogens (tertiary/aromatic N) is 3. The van der Waals surface area contributed by atoms with Gasteiger partial charge in [0.05, 0.1) is 12.6 Å².